The molecule has 0 fully saturated rings. The normalized spacial score (nSPS) is 14.0. The third kappa shape index (κ3) is 4.88. The summed E-state index contributed by atoms with van der Waals surface area (Å²) in [6.07, 6.45) is 3.47. The minimum absolute atomic E-state index is 0.477. The molecule has 0 spiro atoms. The molecule has 0 saturated heterocycles. The highest BCUT2D eigenvalue weighted by Gasteiger charge is 2.22. The second kappa shape index (κ2) is 9.58. The van der Waals surface area contributed by atoms with Crippen LogP contribution in [0.15, 0.2) is 35.1 Å². The molecule has 30 heavy (non-hydrogen) atoms. The first kappa shape index (κ1) is 21.6. The molecule has 0 bridgehead atoms. The summed E-state index contributed by atoms with van der Waals surface area (Å²) in [4.78, 5) is 16.1. The maximum atomic E-state index is 6.38. The number of allylic oxidation sites excluding steroid dienone is 2. The molecule has 0 saturated carbocycles. The molecular formula is C22H30N6O2. The molecule has 8 heteroatoms. The van der Waals surface area contributed by atoms with Crippen LogP contribution in [-0.2, 0) is 6.42 Å². The molecule has 8 nitrogen and oxygen atoms in total. The summed E-state index contributed by atoms with van der Waals surface area (Å²) >= 11 is 0. The zero-order chi connectivity index (χ0) is 21.7. The number of likely N-dealkylation sites (N-methyl/N-ethyl adjacent to an activating group) is 1. The van der Waals surface area contributed by atoms with Gasteiger partial charge in [0.15, 0.2) is 0 Å². The van der Waals surface area contributed by atoms with Gasteiger partial charge >= 0.3 is 0 Å². The average Bonchev–Trinajstić information content (AvgIpc) is 2.73. The minimum Gasteiger partial charge on any atom is -0.497 e. The molecule has 1 aliphatic rings. The molecule has 0 atom stereocenters. The average molecular weight is 411 g/mol. The lowest BCUT2D eigenvalue weighted by atomic mass is 9.91. The van der Waals surface area contributed by atoms with E-state index in [2.05, 4.69) is 15.2 Å². The fourth-order valence-corrected chi connectivity index (χ4v) is 3.34. The Hall–Kier alpha value is -3.13. The van der Waals surface area contributed by atoms with Crippen molar-refractivity contribution in [3.8, 4) is 11.5 Å². The summed E-state index contributed by atoms with van der Waals surface area (Å²) in [5.74, 6) is 1.84. The van der Waals surface area contributed by atoms with Crippen LogP contribution >= 0.6 is 0 Å². The number of nitrogens with two attached hydrogens (primary N) is 1. The van der Waals surface area contributed by atoms with E-state index in [1.54, 1.807) is 14.2 Å². The maximum Gasteiger partial charge on any atom is 0.227 e. The molecular weight excluding hydrogens is 380 g/mol. The number of fused-ring (bicyclic) bond motifs is 1. The predicted octanol–water partition coefficient (Wildman–Crippen LogP) is 2.88. The maximum absolute atomic E-state index is 6.38. The van der Waals surface area contributed by atoms with E-state index in [1.165, 1.54) is 0 Å². The Morgan fingerprint density at radius 1 is 1.23 bits per heavy atom. The molecule has 160 valence electrons. The van der Waals surface area contributed by atoms with Crippen molar-refractivity contribution in [3.05, 3.63) is 41.4 Å². The Kier molecular flexibility index (Phi) is 6.89. The van der Waals surface area contributed by atoms with Gasteiger partial charge in [0.1, 0.15) is 11.5 Å². The molecule has 0 radical (unpaired) electrons. The number of aryl methyl sites for hydroxylation is 1. The molecule has 3 N–H and O–H groups in total. The van der Waals surface area contributed by atoms with Gasteiger partial charge in [0.2, 0.25) is 5.95 Å². The molecule has 0 aliphatic heterocycles. The quantitative estimate of drug-likeness (QED) is 0.646. The first-order valence-corrected chi connectivity index (χ1v) is 9.93. The second-order valence-corrected chi connectivity index (χ2v) is 7.43. The van der Waals surface area contributed by atoms with Gasteiger partial charge in [0.25, 0.3) is 0 Å². The summed E-state index contributed by atoms with van der Waals surface area (Å²) in [6.45, 7) is 3.59. The second-order valence-electron chi connectivity index (χ2n) is 7.43. The Morgan fingerprint density at radius 3 is 2.73 bits per heavy atom. The van der Waals surface area contributed by atoms with Gasteiger partial charge in [-0.25, -0.2) is 9.97 Å². The van der Waals surface area contributed by atoms with Gasteiger partial charge in [-0.3, -0.25) is 4.99 Å². The lowest BCUT2D eigenvalue weighted by Gasteiger charge is -2.21. The highest BCUT2D eigenvalue weighted by atomic mass is 16.5. The third-order valence-electron chi connectivity index (χ3n) is 5.00. The Bertz CT molecular complexity index is 968. The highest BCUT2D eigenvalue weighted by molar-refractivity contribution is 6.23. The standard InChI is InChI=1S/C22H30N6O2/c1-14(24-10-11-28(2)3)20-17(23)8-6-15-13-25-22(27-21(15)20)26-18-9-7-16(29-4)12-19(18)30-5/h7,9,12-13H,6,8,10-11,23H2,1-5H3,(H,25,26,27). The van der Waals surface area contributed by atoms with Crippen LogP contribution in [0.3, 0.4) is 0 Å². The first-order chi connectivity index (χ1) is 14.4. The van der Waals surface area contributed by atoms with E-state index in [9.17, 15) is 0 Å². The number of anilines is 2. The predicted molar refractivity (Wildman–Crippen MR) is 121 cm³/mol. The number of ether oxygens (including phenoxy) is 2. The van der Waals surface area contributed by atoms with Gasteiger partial charge in [0, 0.05) is 35.8 Å². The zero-order valence-electron chi connectivity index (χ0n) is 18.3. The number of nitrogens with one attached hydrogen (secondary N) is 1. The summed E-state index contributed by atoms with van der Waals surface area (Å²) in [5, 5.41) is 3.24. The smallest absolute Gasteiger partial charge is 0.227 e. The number of hydrogen-bond acceptors (Lipinski definition) is 8. The monoisotopic (exact) mass is 410 g/mol. The van der Waals surface area contributed by atoms with Crippen molar-refractivity contribution in [2.45, 2.75) is 19.8 Å². The molecule has 3 rings (SSSR count). The molecule has 0 amide bonds. The van der Waals surface area contributed by atoms with Gasteiger partial charge in [-0.15, -0.1) is 0 Å². The number of aliphatic imine (C=N–C) groups is 1. The largest absolute Gasteiger partial charge is 0.497 e. The molecule has 1 aliphatic carbocycles. The number of methoxy groups -OCH3 is 2. The number of hydrogen-bond donors (Lipinski definition) is 2. The molecule has 1 aromatic heterocycles. The minimum atomic E-state index is 0.477. The van der Waals surface area contributed by atoms with E-state index < -0.39 is 0 Å². The Balaban J connectivity index is 1.91. The Morgan fingerprint density at radius 2 is 2.03 bits per heavy atom. The van der Waals surface area contributed by atoms with Crippen LogP contribution in [0.2, 0.25) is 0 Å². The van der Waals surface area contributed by atoms with Gasteiger partial charge < -0.3 is 25.4 Å². The fraction of sp³-hybridized carbons (Fsp3) is 0.409. The highest BCUT2D eigenvalue weighted by Crippen LogP contribution is 2.33. The van der Waals surface area contributed by atoms with Gasteiger partial charge in [0.05, 0.1) is 32.1 Å². The van der Waals surface area contributed by atoms with Gasteiger partial charge in [-0.2, -0.15) is 0 Å². The number of rotatable bonds is 8. The van der Waals surface area contributed by atoms with Crippen molar-refractivity contribution in [2.24, 2.45) is 10.7 Å². The lowest BCUT2D eigenvalue weighted by Crippen LogP contribution is -2.19. The van der Waals surface area contributed by atoms with E-state index in [-0.39, 0.29) is 0 Å². The summed E-state index contributed by atoms with van der Waals surface area (Å²) in [7, 11) is 7.30. The summed E-state index contributed by atoms with van der Waals surface area (Å²) in [5.41, 5.74) is 11.7. The van der Waals surface area contributed by atoms with Crippen LogP contribution < -0.4 is 20.5 Å². The van der Waals surface area contributed by atoms with Gasteiger partial charge in [-0.05, 0) is 51.6 Å². The topological polar surface area (TPSA) is 97.9 Å². The van der Waals surface area contributed by atoms with Crippen molar-refractivity contribution in [3.63, 3.8) is 0 Å². The van der Waals surface area contributed by atoms with Crippen LogP contribution in [0, 0.1) is 0 Å². The zero-order valence-corrected chi connectivity index (χ0v) is 18.3. The number of nitrogens with zero attached hydrogens (tertiary/aromatic N) is 4. The van der Waals surface area contributed by atoms with Crippen molar-refractivity contribution >= 4 is 22.9 Å². The van der Waals surface area contributed by atoms with Crippen LogP contribution in [0.25, 0.3) is 5.57 Å². The number of benzene rings is 1. The van der Waals surface area contributed by atoms with Crippen molar-refractivity contribution in [1.82, 2.24) is 14.9 Å². The van der Waals surface area contributed by atoms with Crippen molar-refractivity contribution in [2.75, 3.05) is 46.7 Å². The summed E-state index contributed by atoms with van der Waals surface area (Å²) in [6, 6.07) is 5.54. The van der Waals surface area contributed by atoms with Crippen LogP contribution in [-0.4, -0.2) is 62.0 Å². The van der Waals surface area contributed by atoms with E-state index in [4.69, 9.17) is 25.2 Å². The number of aromatic nitrogens is 2. The van der Waals surface area contributed by atoms with E-state index in [0.29, 0.717) is 24.0 Å². The summed E-state index contributed by atoms with van der Waals surface area (Å²) < 4.78 is 10.7. The lowest BCUT2D eigenvalue weighted by molar-refractivity contribution is 0.395. The van der Waals surface area contributed by atoms with Crippen molar-refractivity contribution in [1.29, 1.82) is 0 Å². The van der Waals surface area contributed by atoms with Crippen LogP contribution in [0.4, 0.5) is 11.6 Å². The Labute approximate surface area is 177 Å². The third-order valence-corrected chi connectivity index (χ3v) is 5.00. The molecule has 2 aromatic rings. The molecule has 0 unspecified atom stereocenters. The van der Waals surface area contributed by atoms with Crippen LogP contribution in [0.5, 0.6) is 11.5 Å². The van der Waals surface area contributed by atoms with Crippen LogP contribution in [0.1, 0.15) is 24.6 Å². The van der Waals surface area contributed by atoms with Gasteiger partial charge in [-0.1, -0.05) is 0 Å². The van der Waals surface area contributed by atoms with Crippen molar-refractivity contribution < 1.29 is 9.47 Å². The first-order valence-electron chi connectivity index (χ1n) is 9.93. The SMILES string of the molecule is COc1ccc(Nc2ncc3c(n2)C(C(C)=NCCN(C)C)=C(N)CC3)c(OC)c1. The van der Waals surface area contributed by atoms with E-state index in [1.807, 2.05) is 45.4 Å². The van der Waals surface area contributed by atoms with E-state index >= 15 is 0 Å². The molecule has 1 aromatic carbocycles. The molecule has 1 heterocycles. The fourth-order valence-electron chi connectivity index (χ4n) is 3.34. The van der Waals surface area contributed by atoms with E-state index in [0.717, 1.165) is 53.3 Å².